The molecule has 3 heterocycles. The summed E-state index contributed by atoms with van der Waals surface area (Å²) < 4.78 is 0. The van der Waals surface area contributed by atoms with Crippen LogP contribution in [0.2, 0.25) is 0 Å². The fourth-order valence-corrected chi connectivity index (χ4v) is 4.55. The molecule has 2 aromatic rings. The van der Waals surface area contributed by atoms with E-state index in [1.165, 1.54) is 0 Å². The lowest BCUT2D eigenvalue weighted by atomic mass is 9.92. The fraction of sp³-hybridized carbons (Fsp3) is 0.421. The van der Waals surface area contributed by atoms with E-state index in [4.69, 9.17) is 0 Å². The highest BCUT2D eigenvalue weighted by Gasteiger charge is 2.56. The summed E-state index contributed by atoms with van der Waals surface area (Å²) in [7, 11) is 0. The lowest BCUT2D eigenvalue weighted by molar-refractivity contribution is 0.0672. The van der Waals surface area contributed by atoms with Crippen LogP contribution in [-0.2, 0) is 0 Å². The van der Waals surface area contributed by atoms with E-state index < -0.39 is 0 Å². The zero-order chi connectivity index (χ0) is 17.4. The Morgan fingerprint density at radius 3 is 2.56 bits per heavy atom. The van der Waals surface area contributed by atoms with Crippen LogP contribution in [0.5, 0.6) is 0 Å². The van der Waals surface area contributed by atoms with E-state index in [-0.39, 0.29) is 23.3 Å². The first-order chi connectivity index (χ1) is 12.1. The van der Waals surface area contributed by atoms with E-state index in [1.807, 2.05) is 24.0 Å². The van der Waals surface area contributed by atoms with Gasteiger partial charge in [-0.1, -0.05) is 0 Å². The number of aromatic nitrogens is 1. The van der Waals surface area contributed by atoms with E-state index in [9.17, 15) is 9.59 Å². The van der Waals surface area contributed by atoms with Gasteiger partial charge in [0, 0.05) is 42.0 Å². The van der Waals surface area contributed by atoms with Crippen LogP contribution >= 0.6 is 11.3 Å². The molecule has 1 atom stereocenters. The van der Waals surface area contributed by atoms with Gasteiger partial charge in [-0.3, -0.25) is 14.6 Å². The minimum Gasteiger partial charge on any atom is -0.349 e. The molecule has 1 aliphatic carbocycles. The van der Waals surface area contributed by atoms with Crippen molar-refractivity contribution in [2.75, 3.05) is 13.1 Å². The highest BCUT2D eigenvalue weighted by atomic mass is 32.1. The number of likely N-dealkylation sites (tertiary alicyclic amines) is 1. The summed E-state index contributed by atoms with van der Waals surface area (Å²) in [4.78, 5) is 32.7. The smallest absolute Gasteiger partial charge is 0.263 e. The highest BCUT2D eigenvalue weighted by molar-refractivity contribution is 7.13. The number of nitrogens with zero attached hydrogens (tertiary/aromatic N) is 2. The quantitative estimate of drug-likeness (QED) is 0.921. The number of amides is 2. The van der Waals surface area contributed by atoms with Crippen molar-refractivity contribution in [2.45, 2.75) is 32.2 Å². The van der Waals surface area contributed by atoms with Crippen LogP contribution < -0.4 is 5.32 Å². The minimum absolute atomic E-state index is 0.0307. The van der Waals surface area contributed by atoms with E-state index in [0.29, 0.717) is 5.56 Å². The van der Waals surface area contributed by atoms with Crippen molar-refractivity contribution in [1.29, 1.82) is 0 Å². The number of nitrogens with one attached hydrogen (secondary N) is 1. The Morgan fingerprint density at radius 2 is 1.92 bits per heavy atom. The molecule has 6 heteroatoms. The lowest BCUT2D eigenvalue weighted by Gasteiger charge is -2.32. The third-order valence-corrected chi connectivity index (χ3v) is 6.42. The highest BCUT2D eigenvalue weighted by Crippen LogP contribution is 2.54. The summed E-state index contributed by atoms with van der Waals surface area (Å²) in [5.74, 6) is 0.114. The monoisotopic (exact) mass is 355 g/mol. The van der Waals surface area contributed by atoms with Crippen LogP contribution in [0.3, 0.4) is 0 Å². The zero-order valence-corrected chi connectivity index (χ0v) is 15.0. The van der Waals surface area contributed by atoms with Crippen LogP contribution in [0.4, 0.5) is 0 Å². The summed E-state index contributed by atoms with van der Waals surface area (Å²) >= 11 is 1.56. The van der Waals surface area contributed by atoms with Crippen LogP contribution in [0.1, 0.15) is 44.2 Å². The van der Waals surface area contributed by atoms with Crippen molar-refractivity contribution in [3.05, 3.63) is 52.0 Å². The van der Waals surface area contributed by atoms with Gasteiger partial charge in [-0.15, -0.1) is 11.3 Å². The molecule has 1 saturated carbocycles. The molecule has 0 bridgehead atoms. The second kappa shape index (κ2) is 6.26. The van der Waals surface area contributed by atoms with Gasteiger partial charge in [0.05, 0.1) is 4.88 Å². The number of piperidine rings is 1. The lowest BCUT2D eigenvalue weighted by Crippen LogP contribution is -2.41. The normalized spacial score (nSPS) is 21.2. The number of rotatable bonds is 3. The Hall–Kier alpha value is -2.21. The van der Waals surface area contributed by atoms with Gasteiger partial charge in [-0.05, 0) is 55.9 Å². The van der Waals surface area contributed by atoms with E-state index >= 15 is 0 Å². The first-order valence-electron chi connectivity index (χ1n) is 8.64. The molecule has 0 aromatic carbocycles. The SMILES string of the molecule is Cc1ccc(C(=O)N2CCC3(CC2)CC3NC(=O)c2ccncc2)s1. The van der Waals surface area contributed by atoms with Crippen molar-refractivity contribution in [1.82, 2.24) is 15.2 Å². The van der Waals surface area contributed by atoms with Crippen LogP contribution in [0, 0.1) is 12.3 Å². The maximum Gasteiger partial charge on any atom is 0.263 e. The second-order valence-electron chi connectivity index (χ2n) is 7.03. The molecule has 2 amide bonds. The Labute approximate surface area is 151 Å². The third kappa shape index (κ3) is 3.18. The van der Waals surface area contributed by atoms with Gasteiger partial charge in [0.2, 0.25) is 0 Å². The number of carbonyl (C=O) groups is 2. The van der Waals surface area contributed by atoms with Crippen molar-refractivity contribution >= 4 is 23.2 Å². The Bertz CT molecular complexity index is 794. The van der Waals surface area contributed by atoms with E-state index in [2.05, 4.69) is 10.3 Å². The molecular formula is C19H21N3O2S. The standard InChI is InChI=1S/C19H21N3O2S/c1-13-2-3-15(25-13)18(24)22-10-6-19(7-11-22)12-16(19)21-17(23)14-4-8-20-9-5-14/h2-5,8-9,16H,6-7,10-12H2,1H3,(H,21,23). The van der Waals surface area contributed by atoms with Crippen LogP contribution in [0.15, 0.2) is 36.7 Å². The number of hydrogen-bond donors (Lipinski definition) is 1. The molecule has 25 heavy (non-hydrogen) atoms. The van der Waals surface area contributed by atoms with Crippen molar-refractivity contribution in [3.8, 4) is 0 Å². The minimum atomic E-state index is -0.0307. The topological polar surface area (TPSA) is 62.3 Å². The number of aryl methyl sites for hydroxylation is 1. The predicted molar refractivity (Wildman–Crippen MR) is 96.7 cm³/mol. The maximum atomic E-state index is 12.5. The van der Waals surface area contributed by atoms with Crippen molar-refractivity contribution in [3.63, 3.8) is 0 Å². The third-order valence-electron chi connectivity index (χ3n) is 5.44. The molecular weight excluding hydrogens is 334 g/mol. The number of pyridine rings is 1. The van der Waals surface area contributed by atoms with E-state index in [0.717, 1.165) is 42.1 Å². The molecule has 130 valence electrons. The summed E-state index contributed by atoms with van der Waals surface area (Å²) in [5.41, 5.74) is 0.836. The molecule has 1 unspecified atom stereocenters. The number of carbonyl (C=O) groups excluding carboxylic acids is 2. The molecule has 2 aromatic heterocycles. The van der Waals surface area contributed by atoms with Gasteiger partial charge in [0.15, 0.2) is 0 Å². The summed E-state index contributed by atoms with van der Waals surface area (Å²) in [6.45, 7) is 3.57. The predicted octanol–water partition coefficient (Wildman–Crippen LogP) is 2.88. The molecule has 2 fully saturated rings. The van der Waals surface area contributed by atoms with Crippen LogP contribution in [-0.4, -0.2) is 40.8 Å². The molecule has 1 N–H and O–H groups in total. The molecule has 1 aliphatic heterocycles. The second-order valence-corrected chi connectivity index (χ2v) is 8.32. The number of thiophene rings is 1. The van der Waals surface area contributed by atoms with Gasteiger partial charge in [0.1, 0.15) is 0 Å². The van der Waals surface area contributed by atoms with Gasteiger partial charge in [-0.2, -0.15) is 0 Å². The summed E-state index contributed by atoms with van der Waals surface area (Å²) in [6.07, 6.45) is 6.21. The molecule has 2 aliphatic rings. The van der Waals surface area contributed by atoms with Gasteiger partial charge in [-0.25, -0.2) is 0 Å². The fourth-order valence-electron chi connectivity index (χ4n) is 3.71. The van der Waals surface area contributed by atoms with Gasteiger partial charge >= 0.3 is 0 Å². The van der Waals surface area contributed by atoms with Crippen LogP contribution in [0.25, 0.3) is 0 Å². The molecule has 1 saturated heterocycles. The Kier molecular flexibility index (Phi) is 4.07. The van der Waals surface area contributed by atoms with E-state index in [1.54, 1.807) is 35.9 Å². The summed E-state index contributed by atoms with van der Waals surface area (Å²) in [5, 5.41) is 3.14. The average Bonchev–Trinajstić information content (AvgIpc) is 3.09. The first-order valence-corrected chi connectivity index (χ1v) is 9.46. The average molecular weight is 355 g/mol. The molecule has 4 rings (SSSR count). The molecule has 0 radical (unpaired) electrons. The first kappa shape index (κ1) is 16.3. The van der Waals surface area contributed by atoms with Gasteiger partial charge < -0.3 is 10.2 Å². The van der Waals surface area contributed by atoms with Crippen molar-refractivity contribution < 1.29 is 9.59 Å². The largest absolute Gasteiger partial charge is 0.349 e. The van der Waals surface area contributed by atoms with Crippen molar-refractivity contribution in [2.24, 2.45) is 5.41 Å². The Morgan fingerprint density at radius 1 is 1.20 bits per heavy atom. The van der Waals surface area contributed by atoms with Gasteiger partial charge in [0.25, 0.3) is 11.8 Å². The maximum absolute atomic E-state index is 12.5. The zero-order valence-electron chi connectivity index (χ0n) is 14.2. The number of hydrogen-bond acceptors (Lipinski definition) is 4. The molecule has 5 nitrogen and oxygen atoms in total. The summed E-state index contributed by atoms with van der Waals surface area (Å²) in [6, 6.07) is 7.61. The molecule has 1 spiro atoms. The Balaban J connectivity index is 1.32.